The molecule has 142 valence electrons. The van der Waals surface area contributed by atoms with Crippen molar-refractivity contribution in [3.8, 4) is 11.5 Å². The molecular weight excluding hydrogens is 336 g/mol. The number of rotatable bonds is 4. The molecule has 0 radical (unpaired) electrons. The highest BCUT2D eigenvalue weighted by Gasteiger charge is 2.39. The van der Waals surface area contributed by atoms with Gasteiger partial charge in [-0.25, -0.2) is 0 Å². The van der Waals surface area contributed by atoms with Gasteiger partial charge in [-0.2, -0.15) is 0 Å². The molecule has 0 unspecified atom stereocenters. The Bertz CT molecular complexity index is 649. The van der Waals surface area contributed by atoms with Crippen molar-refractivity contribution in [2.45, 2.75) is 31.6 Å². The minimum Gasteiger partial charge on any atom is -0.486 e. The van der Waals surface area contributed by atoms with Crippen molar-refractivity contribution in [1.29, 1.82) is 0 Å². The molecule has 1 aromatic carbocycles. The zero-order valence-corrected chi connectivity index (χ0v) is 15.2. The number of carbonyl (C=O) groups excluding carboxylic acids is 1. The summed E-state index contributed by atoms with van der Waals surface area (Å²) in [7, 11) is 0. The highest BCUT2D eigenvalue weighted by Crippen LogP contribution is 2.33. The summed E-state index contributed by atoms with van der Waals surface area (Å²) in [4.78, 5) is 14.6. The Hall–Kier alpha value is -1.83. The van der Waals surface area contributed by atoms with E-state index in [0.717, 1.165) is 43.0 Å². The fraction of sp³-hybridized carbons (Fsp3) is 0.632. The number of hydrogen-bond acceptors (Lipinski definition) is 6. The van der Waals surface area contributed by atoms with Crippen LogP contribution in [0.5, 0.6) is 11.5 Å². The molecule has 1 amide bonds. The number of likely N-dealkylation sites (tertiary alicyclic amines) is 1. The Morgan fingerprint density at radius 1 is 1.12 bits per heavy atom. The van der Waals surface area contributed by atoms with Crippen molar-refractivity contribution < 1.29 is 23.7 Å². The van der Waals surface area contributed by atoms with Crippen LogP contribution >= 0.6 is 0 Å². The van der Waals surface area contributed by atoms with Crippen LogP contribution < -0.4 is 14.8 Å². The zero-order valence-electron chi connectivity index (χ0n) is 15.2. The standard InChI is InChI=1S/C19H26N2O5/c1-14(15-2-3-16-17(12-15)24-9-8-23-16)20-18(22)13-21-6-4-19(5-7-21)25-10-11-26-19/h2-3,12,14H,4-11,13H2,1H3,(H,20,22)/t14-/m0/s1. The van der Waals surface area contributed by atoms with Crippen molar-refractivity contribution >= 4 is 5.91 Å². The van der Waals surface area contributed by atoms with Crippen LogP contribution in [-0.4, -0.2) is 62.7 Å². The molecule has 7 nitrogen and oxygen atoms in total. The Balaban J connectivity index is 1.28. The fourth-order valence-electron chi connectivity index (χ4n) is 3.74. The minimum absolute atomic E-state index is 0.0246. The Kier molecular flexibility index (Phi) is 5.02. The molecule has 4 rings (SSSR count). The molecule has 26 heavy (non-hydrogen) atoms. The van der Waals surface area contributed by atoms with Crippen molar-refractivity contribution in [3.63, 3.8) is 0 Å². The van der Waals surface area contributed by atoms with Gasteiger partial charge in [0.2, 0.25) is 5.91 Å². The highest BCUT2D eigenvalue weighted by molar-refractivity contribution is 5.78. The van der Waals surface area contributed by atoms with E-state index in [1.54, 1.807) is 0 Å². The van der Waals surface area contributed by atoms with E-state index in [4.69, 9.17) is 18.9 Å². The lowest BCUT2D eigenvalue weighted by Gasteiger charge is -2.37. The van der Waals surface area contributed by atoms with Gasteiger partial charge in [-0.3, -0.25) is 9.69 Å². The van der Waals surface area contributed by atoms with Gasteiger partial charge in [0.1, 0.15) is 13.2 Å². The molecule has 0 bridgehead atoms. The average Bonchev–Trinajstić information content (AvgIpc) is 3.11. The van der Waals surface area contributed by atoms with Gasteiger partial charge in [-0.1, -0.05) is 6.07 Å². The van der Waals surface area contributed by atoms with Crippen molar-refractivity contribution in [2.75, 3.05) is 46.1 Å². The van der Waals surface area contributed by atoms with E-state index in [2.05, 4.69) is 10.2 Å². The molecule has 3 aliphatic rings. The number of benzene rings is 1. The first kappa shape index (κ1) is 17.6. The number of hydrogen-bond donors (Lipinski definition) is 1. The maximum Gasteiger partial charge on any atom is 0.234 e. The molecule has 2 fully saturated rings. The first-order chi connectivity index (χ1) is 12.6. The number of amides is 1. The molecule has 0 saturated carbocycles. The van der Waals surface area contributed by atoms with Crippen molar-refractivity contribution in [1.82, 2.24) is 10.2 Å². The normalized spacial score (nSPS) is 23.0. The number of piperidine rings is 1. The van der Waals surface area contributed by atoms with E-state index in [1.165, 1.54) is 0 Å². The third-order valence-electron chi connectivity index (χ3n) is 5.24. The van der Waals surface area contributed by atoms with E-state index >= 15 is 0 Å². The number of nitrogens with zero attached hydrogens (tertiary/aromatic N) is 1. The van der Waals surface area contributed by atoms with Gasteiger partial charge in [0.25, 0.3) is 0 Å². The van der Waals surface area contributed by atoms with Crippen LogP contribution in [0.4, 0.5) is 0 Å². The minimum atomic E-state index is -0.397. The van der Waals surface area contributed by atoms with Crippen molar-refractivity contribution in [2.24, 2.45) is 0 Å². The lowest BCUT2D eigenvalue weighted by molar-refractivity contribution is -0.185. The summed E-state index contributed by atoms with van der Waals surface area (Å²) in [5, 5.41) is 3.07. The van der Waals surface area contributed by atoms with E-state index < -0.39 is 5.79 Å². The SMILES string of the molecule is C[C@H](NC(=O)CN1CCC2(CC1)OCCO2)c1ccc2c(c1)OCCO2. The zero-order chi connectivity index (χ0) is 18.0. The second-order valence-electron chi connectivity index (χ2n) is 7.08. The lowest BCUT2D eigenvalue weighted by atomic mass is 10.0. The third-order valence-corrected chi connectivity index (χ3v) is 5.24. The van der Waals surface area contributed by atoms with Crippen LogP contribution in [0.2, 0.25) is 0 Å². The third kappa shape index (κ3) is 3.79. The van der Waals surface area contributed by atoms with Crippen LogP contribution in [0.15, 0.2) is 18.2 Å². The van der Waals surface area contributed by atoms with Gasteiger partial charge < -0.3 is 24.3 Å². The number of ether oxygens (including phenoxy) is 4. The fourth-order valence-corrected chi connectivity index (χ4v) is 3.74. The van der Waals surface area contributed by atoms with Gasteiger partial charge in [0, 0.05) is 25.9 Å². The molecule has 0 aromatic heterocycles. The van der Waals surface area contributed by atoms with Crippen LogP contribution in [-0.2, 0) is 14.3 Å². The van der Waals surface area contributed by atoms with Crippen LogP contribution in [0.1, 0.15) is 31.4 Å². The number of nitrogens with one attached hydrogen (secondary N) is 1. The van der Waals surface area contributed by atoms with E-state index in [9.17, 15) is 4.79 Å². The van der Waals surface area contributed by atoms with E-state index in [1.807, 2.05) is 25.1 Å². The highest BCUT2D eigenvalue weighted by atomic mass is 16.7. The second-order valence-corrected chi connectivity index (χ2v) is 7.08. The molecule has 0 aliphatic carbocycles. The van der Waals surface area contributed by atoms with Gasteiger partial charge in [0.15, 0.2) is 17.3 Å². The largest absolute Gasteiger partial charge is 0.486 e. The maximum atomic E-state index is 12.4. The number of fused-ring (bicyclic) bond motifs is 1. The van der Waals surface area contributed by atoms with Crippen LogP contribution in [0.3, 0.4) is 0 Å². The van der Waals surface area contributed by atoms with E-state index in [-0.39, 0.29) is 11.9 Å². The van der Waals surface area contributed by atoms with Gasteiger partial charge in [-0.05, 0) is 24.6 Å². The van der Waals surface area contributed by atoms with Gasteiger partial charge >= 0.3 is 0 Å². The molecular formula is C19H26N2O5. The Morgan fingerprint density at radius 2 is 1.81 bits per heavy atom. The molecule has 3 heterocycles. The van der Waals surface area contributed by atoms with Crippen LogP contribution in [0.25, 0.3) is 0 Å². The van der Waals surface area contributed by atoms with Crippen LogP contribution in [0, 0.1) is 0 Å². The Morgan fingerprint density at radius 3 is 2.54 bits per heavy atom. The van der Waals surface area contributed by atoms with Crippen molar-refractivity contribution in [3.05, 3.63) is 23.8 Å². The summed E-state index contributed by atoms with van der Waals surface area (Å²) < 4.78 is 22.6. The molecule has 7 heteroatoms. The predicted octanol–water partition coefficient (Wildman–Crippen LogP) is 1.47. The smallest absolute Gasteiger partial charge is 0.234 e. The summed E-state index contributed by atoms with van der Waals surface area (Å²) in [5.41, 5.74) is 1.01. The van der Waals surface area contributed by atoms with Gasteiger partial charge in [-0.15, -0.1) is 0 Å². The molecule has 3 aliphatic heterocycles. The molecule has 1 atom stereocenters. The summed E-state index contributed by atoms with van der Waals surface area (Å²) in [6.45, 7) is 6.48. The number of carbonyl (C=O) groups is 1. The summed E-state index contributed by atoms with van der Waals surface area (Å²) in [5.74, 6) is 1.13. The first-order valence-electron chi connectivity index (χ1n) is 9.33. The summed E-state index contributed by atoms with van der Waals surface area (Å²) in [6, 6.07) is 5.73. The second kappa shape index (κ2) is 7.42. The summed E-state index contributed by atoms with van der Waals surface area (Å²) >= 11 is 0. The topological polar surface area (TPSA) is 69.3 Å². The average molecular weight is 362 g/mol. The summed E-state index contributed by atoms with van der Waals surface area (Å²) in [6.07, 6.45) is 1.63. The quantitative estimate of drug-likeness (QED) is 0.875. The molecule has 2 saturated heterocycles. The molecule has 1 aromatic rings. The molecule has 1 N–H and O–H groups in total. The van der Waals surface area contributed by atoms with Gasteiger partial charge in [0.05, 0.1) is 25.8 Å². The van der Waals surface area contributed by atoms with E-state index in [0.29, 0.717) is 33.0 Å². The lowest BCUT2D eigenvalue weighted by Crippen LogP contribution is -2.48. The Labute approximate surface area is 153 Å². The molecule has 1 spiro atoms. The maximum absolute atomic E-state index is 12.4. The first-order valence-corrected chi connectivity index (χ1v) is 9.33. The monoisotopic (exact) mass is 362 g/mol. The predicted molar refractivity (Wildman–Crippen MR) is 94.3 cm³/mol.